The van der Waals surface area contributed by atoms with Crippen LogP contribution in [-0.2, 0) is 0 Å². The second kappa shape index (κ2) is 12.0. The molecule has 4 heteroatoms. The van der Waals surface area contributed by atoms with Crippen LogP contribution in [0.1, 0.15) is 0 Å². The Hall–Kier alpha value is -3.44. The first-order chi connectivity index (χ1) is 17.8. The summed E-state index contributed by atoms with van der Waals surface area (Å²) in [5.74, 6) is 0.292. The maximum Gasteiger partial charge on any atom is 0.115 e. The lowest BCUT2D eigenvalue weighted by Gasteiger charge is -2.34. The van der Waals surface area contributed by atoms with Gasteiger partial charge in [-0.15, -0.1) is 0 Å². The van der Waals surface area contributed by atoms with Crippen LogP contribution in [-0.4, -0.2) is 17.7 Å². The zero-order chi connectivity index (χ0) is 24.6. The molecule has 0 amide bonds. The predicted octanol–water partition coefficient (Wildman–Crippen LogP) is 6.38. The predicted molar refractivity (Wildman–Crippen MR) is 158 cm³/mol. The Balaban J connectivity index is 1.57. The smallest absolute Gasteiger partial charge is 0.115 e. The van der Waals surface area contributed by atoms with Crippen LogP contribution in [0.15, 0.2) is 146 Å². The van der Waals surface area contributed by atoms with Gasteiger partial charge in [0.05, 0.1) is 0 Å². The number of aromatic hydroxyl groups is 1. The van der Waals surface area contributed by atoms with Crippen molar-refractivity contribution in [2.24, 2.45) is 0 Å². The first-order valence-corrected chi connectivity index (χ1v) is 15.1. The van der Waals surface area contributed by atoms with Crippen LogP contribution in [0.5, 0.6) is 5.75 Å². The van der Waals surface area contributed by atoms with E-state index in [0.717, 1.165) is 18.3 Å². The Morgan fingerprint density at radius 2 is 0.722 bits per heavy atom. The normalized spacial score (nSPS) is 11.1. The summed E-state index contributed by atoms with van der Waals surface area (Å²) in [7, 11) is -1.23. The van der Waals surface area contributed by atoms with Crippen molar-refractivity contribution >= 4 is 42.7 Å². The monoisotopic (exact) mass is 505 g/mol. The van der Waals surface area contributed by atoms with E-state index in [1.165, 1.54) is 21.2 Å². The molecule has 0 aliphatic heterocycles. The summed E-state index contributed by atoms with van der Waals surface area (Å²) in [5, 5.41) is 15.5. The van der Waals surface area contributed by atoms with Gasteiger partial charge in [-0.25, -0.2) is 0 Å². The standard InChI is InChI=1S/C32H29NOP2/c34-28-23-21-27(22-24-28)33(25-35(29-13-5-1-6-14-29)30-15-7-2-8-16-30)26-36(31-17-9-3-10-18-31)32-19-11-4-12-20-32/h1-24,34H,25-26H2. The van der Waals surface area contributed by atoms with Crippen molar-refractivity contribution in [3.8, 4) is 5.75 Å². The molecule has 0 unspecified atom stereocenters. The van der Waals surface area contributed by atoms with Crippen LogP contribution < -0.4 is 26.1 Å². The Labute approximate surface area is 216 Å². The third-order valence-electron chi connectivity index (χ3n) is 6.11. The molecule has 0 aliphatic carbocycles. The molecule has 1 N–H and O–H groups in total. The molecule has 0 heterocycles. The molecule has 36 heavy (non-hydrogen) atoms. The summed E-state index contributed by atoms with van der Waals surface area (Å²) in [5.41, 5.74) is 1.13. The van der Waals surface area contributed by atoms with Crippen LogP contribution in [0.3, 0.4) is 0 Å². The lowest BCUT2D eigenvalue weighted by Crippen LogP contribution is -2.32. The third kappa shape index (κ3) is 6.03. The van der Waals surface area contributed by atoms with Crippen LogP contribution in [0.25, 0.3) is 0 Å². The average Bonchev–Trinajstić information content (AvgIpc) is 2.96. The van der Waals surface area contributed by atoms with Crippen molar-refractivity contribution in [2.75, 3.05) is 17.5 Å². The second-order valence-corrected chi connectivity index (χ2v) is 12.9. The van der Waals surface area contributed by atoms with Crippen molar-refractivity contribution in [3.05, 3.63) is 146 Å². The maximum absolute atomic E-state index is 10.0. The highest BCUT2D eigenvalue weighted by Crippen LogP contribution is 2.41. The number of hydrogen-bond acceptors (Lipinski definition) is 2. The fourth-order valence-electron chi connectivity index (χ4n) is 4.27. The summed E-state index contributed by atoms with van der Waals surface area (Å²) in [6.45, 7) is 0. The summed E-state index contributed by atoms with van der Waals surface area (Å²) < 4.78 is 0. The Morgan fingerprint density at radius 1 is 0.417 bits per heavy atom. The Bertz CT molecular complexity index is 1170. The fourth-order valence-corrected chi connectivity index (χ4v) is 9.01. The number of anilines is 1. The van der Waals surface area contributed by atoms with E-state index < -0.39 is 15.8 Å². The molecule has 0 spiro atoms. The number of phenols is 1. The molecule has 0 saturated carbocycles. The van der Waals surface area contributed by atoms with Crippen molar-refractivity contribution < 1.29 is 5.11 Å². The fraction of sp³-hybridized carbons (Fsp3) is 0.0625. The van der Waals surface area contributed by atoms with Crippen LogP contribution >= 0.6 is 15.8 Å². The summed E-state index contributed by atoms with van der Waals surface area (Å²) >= 11 is 0. The molecule has 5 aromatic rings. The van der Waals surface area contributed by atoms with E-state index in [-0.39, 0.29) is 0 Å². The minimum atomic E-state index is -0.616. The molecule has 178 valence electrons. The Kier molecular flexibility index (Phi) is 8.09. The molecule has 5 rings (SSSR count). The van der Waals surface area contributed by atoms with E-state index in [1.807, 2.05) is 12.1 Å². The van der Waals surface area contributed by atoms with Gasteiger partial charge in [-0.2, -0.15) is 0 Å². The molecule has 0 atom stereocenters. The van der Waals surface area contributed by atoms with Crippen LogP contribution in [0, 0.1) is 0 Å². The number of benzene rings is 5. The van der Waals surface area contributed by atoms with Gasteiger partial charge in [0, 0.05) is 18.3 Å². The summed E-state index contributed by atoms with van der Waals surface area (Å²) in [6.07, 6.45) is 1.79. The van der Waals surface area contributed by atoms with E-state index in [4.69, 9.17) is 0 Å². The van der Waals surface area contributed by atoms with Gasteiger partial charge in [0.25, 0.3) is 0 Å². The first-order valence-electron chi connectivity index (χ1n) is 12.1. The number of nitrogens with zero attached hydrogens (tertiary/aromatic N) is 1. The van der Waals surface area contributed by atoms with Crippen LogP contribution in [0.4, 0.5) is 5.69 Å². The Morgan fingerprint density at radius 3 is 1.03 bits per heavy atom. The SMILES string of the molecule is Oc1ccc(N(CP(c2ccccc2)c2ccccc2)CP(c2ccccc2)c2ccccc2)cc1. The number of rotatable bonds is 9. The van der Waals surface area contributed by atoms with Crippen molar-refractivity contribution in [3.63, 3.8) is 0 Å². The van der Waals surface area contributed by atoms with Crippen molar-refractivity contribution in [1.82, 2.24) is 0 Å². The number of hydrogen-bond donors (Lipinski definition) is 1. The molecule has 0 bridgehead atoms. The van der Waals surface area contributed by atoms with E-state index in [2.05, 4.69) is 126 Å². The minimum absolute atomic E-state index is 0.292. The van der Waals surface area contributed by atoms with Gasteiger partial charge in [0.15, 0.2) is 0 Å². The molecule has 0 saturated heterocycles. The molecule has 0 fully saturated rings. The lowest BCUT2D eigenvalue weighted by atomic mass is 10.3. The lowest BCUT2D eigenvalue weighted by molar-refractivity contribution is 0.475. The van der Waals surface area contributed by atoms with E-state index in [1.54, 1.807) is 12.1 Å². The quantitative estimate of drug-likeness (QED) is 0.235. The van der Waals surface area contributed by atoms with E-state index in [9.17, 15) is 5.11 Å². The second-order valence-electron chi connectivity index (χ2n) is 8.54. The summed E-state index contributed by atoms with van der Waals surface area (Å²) in [6, 6.07) is 51.2. The highest BCUT2D eigenvalue weighted by atomic mass is 31.1. The van der Waals surface area contributed by atoms with Gasteiger partial charge >= 0.3 is 0 Å². The third-order valence-corrected chi connectivity index (χ3v) is 11.0. The highest BCUT2D eigenvalue weighted by molar-refractivity contribution is 7.74. The molecular weight excluding hydrogens is 476 g/mol. The zero-order valence-corrected chi connectivity index (χ0v) is 21.8. The van der Waals surface area contributed by atoms with E-state index in [0.29, 0.717) is 5.75 Å². The van der Waals surface area contributed by atoms with Gasteiger partial charge in [-0.1, -0.05) is 121 Å². The first kappa shape index (κ1) is 24.3. The molecule has 0 radical (unpaired) electrons. The highest BCUT2D eigenvalue weighted by Gasteiger charge is 2.23. The van der Waals surface area contributed by atoms with Crippen molar-refractivity contribution in [1.29, 1.82) is 0 Å². The van der Waals surface area contributed by atoms with Crippen LogP contribution in [0.2, 0.25) is 0 Å². The van der Waals surface area contributed by atoms with Gasteiger partial charge in [0.2, 0.25) is 0 Å². The van der Waals surface area contributed by atoms with Gasteiger partial charge in [0.1, 0.15) is 5.75 Å². The minimum Gasteiger partial charge on any atom is -0.508 e. The topological polar surface area (TPSA) is 23.5 Å². The van der Waals surface area contributed by atoms with Crippen molar-refractivity contribution in [2.45, 2.75) is 0 Å². The zero-order valence-electron chi connectivity index (χ0n) is 20.1. The molecular formula is C32H29NOP2. The van der Waals surface area contributed by atoms with E-state index >= 15 is 0 Å². The molecule has 2 nitrogen and oxygen atoms in total. The molecule has 5 aromatic carbocycles. The molecule has 0 aromatic heterocycles. The molecule has 0 aliphatic rings. The van der Waals surface area contributed by atoms with Gasteiger partial charge < -0.3 is 10.0 Å². The van der Waals surface area contributed by atoms with Gasteiger partial charge in [-0.05, 0) is 61.3 Å². The largest absolute Gasteiger partial charge is 0.508 e. The maximum atomic E-state index is 10.0. The summed E-state index contributed by atoms with van der Waals surface area (Å²) in [4.78, 5) is 2.52. The average molecular weight is 506 g/mol. The van der Waals surface area contributed by atoms with Gasteiger partial charge in [-0.3, -0.25) is 0 Å². The number of phenolic OH excluding ortho intramolecular Hbond substituents is 1.